The maximum atomic E-state index is 12.9. The van der Waals surface area contributed by atoms with Crippen LogP contribution in [0.5, 0.6) is 0 Å². The van der Waals surface area contributed by atoms with Gasteiger partial charge in [-0.25, -0.2) is 4.79 Å². The Morgan fingerprint density at radius 2 is 1.50 bits per heavy atom. The summed E-state index contributed by atoms with van der Waals surface area (Å²) in [6.07, 6.45) is 0.759. The third-order valence-electron chi connectivity index (χ3n) is 7.00. The molecule has 0 heterocycles. The highest BCUT2D eigenvalue weighted by atomic mass is 16.5. The minimum absolute atomic E-state index is 0.00351. The Labute approximate surface area is 210 Å². The fourth-order valence-corrected chi connectivity index (χ4v) is 5.08. The number of aliphatic hydroxyl groups is 1. The summed E-state index contributed by atoms with van der Waals surface area (Å²) >= 11 is 0. The summed E-state index contributed by atoms with van der Waals surface area (Å²) in [6, 6.07) is 17.8. The number of esters is 1. The smallest absolute Gasteiger partial charge is 0.407 e. The van der Waals surface area contributed by atoms with Crippen LogP contribution in [0.2, 0.25) is 0 Å². The molecule has 2 N–H and O–H groups in total. The number of benzene rings is 2. The number of nitrogens with one attached hydrogen (secondary N) is 1. The number of carbonyl (C=O) groups is 4. The number of hydrogen-bond acceptors (Lipinski definition) is 7. The summed E-state index contributed by atoms with van der Waals surface area (Å²) in [7, 11) is 0. The number of aliphatic hydroxyl groups excluding tert-OH is 1. The lowest BCUT2D eigenvalue weighted by Crippen LogP contribution is -2.49. The predicted molar refractivity (Wildman–Crippen MR) is 129 cm³/mol. The third-order valence-corrected chi connectivity index (χ3v) is 7.00. The molecule has 1 amide bonds. The first-order valence-electron chi connectivity index (χ1n) is 12.3. The van der Waals surface area contributed by atoms with Crippen molar-refractivity contribution >= 4 is 23.6 Å². The highest BCUT2D eigenvalue weighted by Crippen LogP contribution is 2.36. The largest absolute Gasteiger partial charge is 0.460 e. The molecule has 0 spiro atoms. The van der Waals surface area contributed by atoms with Crippen molar-refractivity contribution < 1.29 is 33.8 Å². The Hall–Kier alpha value is -3.52. The van der Waals surface area contributed by atoms with Crippen LogP contribution in [0.25, 0.3) is 0 Å². The van der Waals surface area contributed by atoms with Gasteiger partial charge < -0.3 is 19.9 Å². The van der Waals surface area contributed by atoms with E-state index in [0.717, 1.165) is 17.5 Å². The number of hydrogen-bond donors (Lipinski definition) is 2. The Morgan fingerprint density at radius 3 is 2.14 bits per heavy atom. The van der Waals surface area contributed by atoms with E-state index >= 15 is 0 Å². The van der Waals surface area contributed by atoms with Gasteiger partial charge in [-0.3, -0.25) is 14.4 Å². The molecule has 2 aliphatic rings. The minimum Gasteiger partial charge on any atom is -0.460 e. The van der Waals surface area contributed by atoms with Crippen molar-refractivity contribution in [3.63, 3.8) is 0 Å². The number of ether oxygens (including phenoxy) is 2. The van der Waals surface area contributed by atoms with Crippen LogP contribution < -0.4 is 5.32 Å². The van der Waals surface area contributed by atoms with E-state index < -0.39 is 47.6 Å². The maximum Gasteiger partial charge on any atom is 0.407 e. The fourth-order valence-electron chi connectivity index (χ4n) is 5.08. The van der Waals surface area contributed by atoms with Gasteiger partial charge in [0.15, 0.2) is 17.5 Å². The van der Waals surface area contributed by atoms with Gasteiger partial charge in [0.25, 0.3) is 0 Å². The number of Topliss-reactive ketones (excluding diaryl/α,β-unsaturated/α-hetero) is 2. The lowest BCUT2D eigenvalue weighted by atomic mass is 9.77. The SMILES string of the molecule is O=C(NC1CCCC(CC2CC(=O)C(C(=O)OCc3ccccc3)C2=O)C1O)OCc1ccccc1. The summed E-state index contributed by atoms with van der Waals surface area (Å²) in [5.41, 5.74) is 1.63. The van der Waals surface area contributed by atoms with E-state index in [1.165, 1.54) is 0 Å². The van der Waals surface area contributed by atoms with Crippen LogP contribution in [0, 0.1) is 17.8 Å². The highest BCUT2D eigenvalue weighted by molar-refractivity contribution is 6.22. The molecule has 2 aromatic rings. The predicted octanol–water partition coefficient (Wildman–Crippen LogP) is 3.35. The number of alkyl carbamates (subject to hydrolysis) is 1. The zero-order valence-corrected chi connectivity index (χ0v) is 20.0. The summed E-state index contributed by atoms with van der Waals surface area (Å²) in [6.45, 7) is 0.121. The molecule has 8 heteroatoms. The molecule has 36 heavy (non-hydrogen) atoms. The van der Waals surface area contributed by atoms with E-state index in [4.69, 9.17) is 9.47 Å². The molecule has 5 atom stereocenters. The molecule has 190 valence electrons. The molecule has 2 aliphatic carbocycles. The van der Waals surface area contributed by atoms with E-state index in [0.29, 0.717) is 12.8 Å². The van der Waals surface area contributed by atoms with Gasteiger partial charge in [-0.15, -0.1) is 0 Å². The van der Waals surface area contributed by atoms with Gasteiger partial charge in [0.2, 0.25) is 0 Å². The Morgan fingerprint density at radius 1 is 0.889 bits per heavy atom. The van der Waals surface area contributed by atoms with Crippen LogP contribution in [0.3, 0.4) is 0 Å². The molecule has 2 aromatic carbocycles. The molecule has 8 nitrogen and oxygen atoms in total. The van der Waals surface area contributed by atoms with Gasteiger partial charge in [-0.1, -0.05) is 67.1 Å². The lowest BCUT2D eigenvalue weighted by Gasteiger charge is -2.36. The zero-order valence-electron chi connectivity index (χ0n) is 20.0. The van der Waals surface area contributed by atoms with Crippen LogP contribution in [-0.2, 0) is 37.1 Å². The van der Waals surface area contributed by atoms with Crippen LogP contribution >= 0.6 is 0 Å². The molecule has 0 saturated heterocycles. The fraction of sp³-hybridized carbons (Fsp3) is 0.429. The minimum atomic E-state index is -1.40. The van der Waals surface area contributed by atoms with E-state index in [-0.39, 0.29) is 32.0 Å². The second kappa shape index (κ2) is 11.9. The average Bonchev–Trinajstić information content (AvgIpc) is 3.17. The van der Waals surface area contributed by atoms with Crippen molar-refractivity contribution in [2.24, 2.45) is 17.8 Å². The number of ketones is 2. The monoisotopic (exact) mass is 493 g/mol. The van der Waals surface area contributed by atoms with Crippen molar-refractivity contribution in [2.45, 2.75) is 57.5 Å². The second-order valence-corrected chi connectivity index (χ2v) is 9.53. The first-order valence-corrected chi connectivity index (χ1v) is 12.3. The summed E-state index contributed by atoms with van der Waals surface area (Å²) < 4.78 is 10.5. The maximum absolute atomic E-state index is 12.9. The topological polar surface area (TPSA) is 119 Å². The molecular formula is C28H31NO7. The number of rotatable bonds is 8. The molecule has 0 aromatic heterocycles. The zero-order chi connectivity index (χ0) is 25.5. The quantitative estimate of drug-likeness (QED) is 0.428. The average molecular weight is 494 g/mol. The molecule has 2 saturated carbocycles. The second-order valence-electron chi connectivity index (χ2n) is 9.53. The molecular weight excluding hydrogens is 462 g/mol. The third kappa shape index (κ3) is 6.37. The Kier molecular flexibility index (Phi) is 8.48. The van der Waals surface area contributed by atoms with Gasteiger partial charge in [-0.2, -0.15) is 0 Å². The van der Waals surface area contributed by atoms with Crippen molar-refractivity contribution in [2.75, 3.05) is 0 Å². The molecule has 0 aliphatic heterocycles. The summed E-state index contributed by atoms with van der Waals surface area (Å²) in [4.78, 5) is 50.2. The Balaban J connectivity index is 1.28. The first kappa shape index (κ1) is 25.6. The van der Waals surface area contributed by atoms with Crippen molar-refractivity contribution in [3.8, 4) is 0 Å². The molecule has 4 rings (SSSR count). The number of carbonyl (C=O) groups excluding carboxylic acids is 4. The first-order chi connectivity index (χ1) is 17.4. The van der Waals surface area contributed by atoms with Crippen LogP contribution in [0.1, 0.15) is 43.2 Å². The molecule has 0 radical (unpaired) electrons. The van der Waals surface area contributed by atoms with E-state index in [1.54, 1.807) is 12.1 Å². The normalized spacial score (nSPS) is 25.9. The van der Waals surface area contributed by atoms with E-state index in [9.17, 15) is 24.3 Å². The molecule has 5 unspecified atom stereocenters. The van der Waals surface area contributed by atoms with Crippen molar-refractivity contribution in [1.82, 2.24) is 5.32 Å². The van der Waals surface area contributed by atoms with Gasteiger partial charge in [0.05, 0.1) is 12.1 Å². The van der Waals surface area contributed by atoms with Crippen molar-refractivity contribution in [1.29, 1.82) is 0 Å². The highest BCUT2D eigenvalue weighted by Gasteiger charge is 2.48. The van der Waals surface area contributed by atoms with E-state index in [1.807, 2.05) is 48.5 Å². The van der Waals surface area contributed by atoms with E-state index in [2.05, 4.69) is 5.32 Å². The van der Waals surface area contributed by atoms with Crippen molar-refractivity contribution in [3.05, 3.63) is 71.8 Å². The van der Waals surface area contributed by atoms with Gasteiger partial charge >= 0.3 is 12.1 Å². The van der Waals surface area contributed by atoms with Crippen LogP contribution in [0.15, 0.2) is 60.7 Å². The van der Waals surface area contributed by atoms with Gasteiger partial charge in [0, 0.05) is 12.3 Å². The molecule has 2 fully saturated rings. The summed E-state index contributed by atoms with van der Waals surface area (Å²) in [5, 5.41) is 13.6. The summed E-state index contributed by atoms with van der Waals surface area (Å²) in [5.74, 6) is -4.02. The van der Waals surface area contributed by atoms with Gasteiger partial charge in [-0.05, 0) is 36.3 Å². The van der Waals surface area contributed by atoms with Gasteiger partial charge in [0.1, 0.15) is 13.2 Å². The molecule has 0 bridgehead atoms. The van der Waals surface area contributed by atoms with Crippen LogP contribution in [0.4, 0.5) is 4.79 Å². The number of amides is 1. The Bertz CT molecular complexity index is 1070. The standard InChI is InChI=1S/C28H31NO7/c30-23-15-21(26(32)24(23)27(33)35-16-18-8-3-1-4-9-18)14-20-12-7-13-22(25(20)31)29-28(34)36-17-19-10-5-2-6-11-19/h1-6,8-11,20-22,24-25,31H,7,12-17H2,(H,29,34). The lowest BCUT2D eigenvalue weighted by molar-refractivity contribution is -0.154. The van der Waals surface area contributed by atoms with Crippen LogP contribution in [-0.4, -0.2) is 40.9 Å².